The monoisotopic (exact) mass is 466 g/mol. The Morgan fingerprint density at radius 1 is 0.941 bits per heavy atom. The second kappa shape index (κ2) is 8.57. The highest BCUT2D eigenvalue weighted by molar-refractivity contribution is 6.12. The van der Waals surface area contributed by atoms with Gasteiger partial charge in [-0.1, -0.05) is 12.1 Å². The van der Waals surface area contributed by atoms with Crippen molar-refractivity contribution in [3.8, 4) is 0 Å². The Bertz CT molecular complexity index is 1270. The van der Waals surface area contributed by atoms with E-state index in [4.69, 9.17) is 0 Å². The lowest BCUT2D eigenvalue weighted by Crippen LogP contribution is -2.46. The molecule has 1 aliphatic rings. The minimum absolute atomic E-state index is 0.269. The zero-order valence-electron chi connectivity index (χ0n) is 18.0. The van der Waals surface area contributed by atoms with Gasteiger partial charge in [0, 0.05) is 25.8 Å². The zero-order chi connectivity index (χ0) is 24.6. The van der Waals surface area contributed by atoms with Crippen molar-refractivity contribution in [2.24, 2.45) is 0 Å². The summed E-state index contributed by atoms with van der Waals surface area (Å²) >= 11 is 0. The van der Waals surface area contributed by atoms with Crippen molar-refractivity contribution in [1.82, 2.24) is 19.8 Å². The summed E-state index contributed by atoms with van der Waals surface area (Å²) in [5.41, 5.74) is -0.0160. The molecule has 174 valence electrons. The number of nitrogens with zero attached hydrogens (tertiary/aromatic N) is 8. The van der Waals surface area contributed by atoms with Crippen LogP contribution >= 0.6 is 0 Å². The predicted molar refractivity (Wildman–Crippen MR) is 118 cm³/mol. The van der Waals surface area contributed by atoms with Gasteiger partial charge in [-0.2, -0.15) is 0 Å². The predicted octanol–water partition coefficient (Wildman–Crippen LogP) is 1.89. The van der Waals surface area contributed by atoms with E-state index in [1.807, 2.05) is 31.1 Å². The van der Waals surface area contributed by atoms with Crippen molar-refractivity contribution in [3.05, 3.63) is 80.9 Å². The number of hydrogen-bond donors (Lipinski definition) is 0. The topological polar surface area (TPSA) is 161 Å². The fourth-order valence-corrected chi connectivity index (χ4v) is 3.68. The van der Waals surface area contributed by atoms with E-state index in [0.29, 0.717) is 5.56 Å². The normalized spacial score (nSPS) is 14.4. The number of non-ortho nitro benzene ring substituents is 1. The number of nitro groups is 2. The van der Waals surface area contributed by atoms with Crippen LogP contribution < -0.4 is 9.91 Å². The fraction of sp³-hybridized carbons (Fsp3) is 0.200. The van der Waals surface area contributed by atoms with Gasteiger partial charge < -0.3 is 4.90 Å². The molecule has 2 aromatic carbocycles. The zero-order valence-corrected chi connectivity index (χ0v) is 18.0. The molecule has 1 saturated heterocycles. The van der Waals surface area contributed by atoms with Gasteiger partial charge in [-0.05, 0) is 23.8 Å². The van der Waals surface area contributed by atoms with Gasteiger partial charge >= 0.3 is 5.69 Å². The summed E-state index contributed by atoms with van der Waals surface area (Å²) in [7, 11) is 3.73. The third-order valence-corrected chi connectivity index (χ3v) is 5.26. The maximum Gasteiger partial charge on any atom is 0.301 e. The molecule has 4 rings (SSSR count). The first-order valence-electron chi connectivity index (χ1n) is 9.88. The van der Waals surface area contributed by atoms with Crippen LogP contribution in [0.25, 0.3) is 0 Å². The Labute approximate surface area is 191 Å². The third kappa shape index (κ3) is 3.87. The molecule has 34 heavy (non-hydrogen) atoms. The van der Waals surface area contributed by atoms with E-state index < -0.39 is 45.6 Å². The SMILES string of the molecule is CN(C)c1ccc(C(N2C(=O)CC(=O)N2c2ccc([N+](=O)[O-])cc2[N+](=O)[O-])n2cnnc2)cc1. The van der Waals surface area contributed by atoms with Gasteiger partial charge in [0.2, 0.25) is 0 Å². The molecular formula is C20H18N8O6. The minimum atomic E-state index is -0.958. The van der Waals surface area contributed by atoms with E-state index in [2.05, 4.69) is 10.2 Å². The molecule has 14 nitrogen and oxygen atoms in total. The van der Waals surface area contributed by atoms with Crippen LogP contribution in [0.4, 0.5) is 22.7 Å². The van der Waals surface area contributed by atoms with E-state index >= 15 is 0 Å². The molecule has 1 atom stereocenters. The number of amides is 2. The van der Waals surface area contributed by atoms with E-state index in [9.17, 15) is 29.8 Å². The molecule has 0 saturated carbocycles. The van der Waals surface area contributed by atoms with Crippen molar-refractivity contribution in [1.29, 1.82) is 0 Å². The quantitative estimate of drug-likeness (QED) is 0.287. The summed E-state index contributed by atoms with van der Waals surface area (Å²) in [6.07, 6.45) is 1.20. The van der Waals surface area contributed by atoms with Gasteiger partial charge in [-0.3, -0.25) is 34.4 Å². The minimum Gasteiger partial charge on any atom is -0.378 e. The Balaban J connectivity index is 1.87. The molecule has 0 aliphatic carbocycles. The summed E-state index contributed by atoms with van der Waals surface area (Å²) in [6.45, 7) is 0. The number of nitro benzene ring substituents is 2. The summed E-state index contributed by atoms with van der Waals surface area (Å²) in [6, 6.07) is 10.00. The molecule has 1 unspecified atom stereocenters. The smallest absolute Gasteiger partial charge is 0.301 e. The Morgan fingerprint density at radius 3 is 2.15 bits per heavy atom. The first-order chi connectivity index (χ1) is 16.2. The molecule has 2 amide bonds. The van der Waals surface area contributed by atoms with E-state index in [1.165, 1.54) is 17.2 Å². The van der Waals surface area contributed by atoms with Gasteiger partial charge in [-0.25, -0.2) is 10.0 Å². The van der Waals surface area contributed by atoms with Crippen LogP contribution in [0, 0.1) is 20.2 Å². The van der Waals surface area contributed by atoms with Crippen LogP contribution in [0.5, 0.6) is 0 Å². The molecule has 0 radical (unpaired) electrons. The van der Waals surface area contributed by atoms with Gasteiger partial charge in [0.05, 0.1) is 15.9 Å². The van der Waals surface area contributed by atoms with Gasteiger partial charge in [0.25, 0.3) is 17.5 Å². The largest absolute Gasteiger partial charge is 0.378 e. The number of hydrogen-bond acceptors (Lipinski definition) is 9. The van der Waals surface area contributed by atoms with Crippen molar-refractivity contribution in [3.63, 3.8) is 0 Å². The van der Waals surface area contributed by atoms with Gasteiger partial charge in [0.15, 0.2) is 6.17 Å². The molecule has 1 aliphatic heterocycles. The highest BCUT2D eigenvalue weighted by Gasteiger charge is 2.45. The second-order valence-electron chi connectivity index (χ2n) is 7.58. The summed E-state index contributed by atoms with van der Waals surface area (Å²) < 4.78 is 1.48. The molecule has 0 spiro atoms. The first kappa shape index (κ1) is 22.3. The first-order valence-corrected chi connectivity index (χ1v) is 9.88. The number of aromatic nitrogens is 3. The highest BCUT2D eigenvalue weighted by atomic mass is 16.6. The molecule has 1 aromatic heterocycles. The lowest BCUT2D eigenvalue weighted by molar-refractivity contribution is -0.393. The average molecular weight is 466 g/mol. The molecule has 14 heteroatoms. The third-order valence-electron chi connectivity index (χ3n) is 5.26. The molecule has 2 heterocycles. The van der Waals surface area contributed by atoms with Crippen LogP contribution in [0.1, 0.15) is 18.2 Å². The fourth-order valence-electron chi connectivity index (χ4n) is 3.68. The Hall–Kier alpha value is -4.88. The lowest BCUT2D eigenvalue weighted by Gasteiger charge is -2.35. The summed E-state index contributed by atoms with van der Waals surface area (Å²) in [5, 5.41) is 32.4. The van der Waals surface area contributed by atoms with E-state index in [-0.39, 0.29) is 5.69 Å². The molecular weight excluding hydrogens is 448 g/mol. The van der Waals surface area contributed by atoms with E-state index in [1.54, 1.807) is 12.1 Å². The highest BCUT2D eigenvalue weighted by Crippen LogP contribution is 2.39. The number of carbonyl (C=O) groups is 2. The van der Waals surface area contributed by atoms with Crippen LogP contribution in [0.3, 0.4) is 0 Å². The summed E-state index contributed by atoms with van der Waals surface area (Å²) in [4.78, 5) is 49.1. The van der Waals surface area contributed by atoms with Crippen molar-refractivity contribution in [2.45, 2.75) is 12.6 Å². The van der Waals surface area contributed by atoms with Crippen LogP contribution in [-0.2, 0) is 9.59 Å². The molecule has 3 aromatic rings. The average Bonchev–Trinajstić information content (AvgIpc) is 3.42. The van der Waals surface area contributed by atoms with Crippen LogP contribution in [0.2, 0.25) is 0 Å². The Kier molecular flexibility index (Phi) is 5.63. The number of anilines is 2. The molecule has 0 bridgehead atoms. The van der Waals surface area contributed by atoms with Crippen molar-refractivity contribution in [2.75, 3.05) is 24.0 Å². The van der Waals surface area contributed by atoms with Crippen molar-refractivity contribution < 1.29 is 19.4 Å². The molecule has 1 fully saturated rings. The lowest BCUT2D eigenvalue weighted by atomic mass is 10.1. The van der Waals surface area contributed by atoms with E-state index in [0.717, 1.165) is 33.9 Å². The van der Waals surface area contributed by atoms with Gasteiger partial charge in [-0.15, -0.1) is 10.2 Å². The Morgan fingerprint density at radius 2 is 1.59 bits per heavy atom. The maximum atomic E-state index is 13.0. The molecule has 0 N–H and O–H groups in total. The summed E-state index contributed by atoms with van der Waals surface area (Å²) in [5.74, 6) is -1.34. The number of rotatable bonds is 7. The van der Waals surface area contributed by atoms with Crippen LogP contribution in [-0.4, -0.2) is 55.5 Å². The second-order valence-corrected chi connectivity index (χ2v) is 7.58. The standard InChI is InChI=1S/C20H18N8O6/c1-23(2)14-5-3-13(4-6-14)20(24-11-21-22-12-24)26-19(30)10-18(29)25(26)16-8-7-15(27(31)32)9-17(16)28(33)34/h3-9,11-12,20H,10H2,1-2H3. The number of hydrazine groups is 1. The number of benzene rings is 2. The van der Waals surface area contributed by atoms with Gasteiger partial charge in [0.1, 0.15) is 24.8 Å². The van der Waals surface area contributed by atoms with Crippen molar-refractivity contribution >= 4 is 34.6 Å². The number of carbonyl (C=O) groups excluding carboxylic acids is 2. The maximum absolute atomic E-state index is 13.0. The van der Waals surface area contributed by atoms with Crippen LogP contribution in [0.15, 0.2) is 55.1 Å².